The van der Waals surface area contributed by atoms with Crippen LogP contribution in [0, 0.1) is 0 Å². The molecule has 3 rings (SSSR count). The number of ether oxygens (including phenoxy) is 1. The number of esters is 1. The predicted octanol–water partition coefficient (Wildman–Crippen LogP) is 3.20. The van der Waals surface area contributed by atoms with Gasteiger partial charge in [-0.3, -0.25) is 4.79 Å². The van der Waals surface area contributed by atoms with Gasteiger partial charge in [0, 0.05) is 12.1 Å². The zero-order valence-electron chi connectivity index (χ0n) is 16.9. The second-order valence-corrected chi connectivity index (χ2v) is 7.11. The molecule has 0 aliphatic carbocycles. The molecule has 0 bridgehead atoms. The summed E-state index contributed by atoms with van der Waals surface area (Å²) < 4.78 is 4.83. The third-order valence-corrected chi connectivity index (χ3v) is 4.94. The molecule has 6 heteroatoms. The molecule has 0 saturated carbocycles. The Kier molecular flexibility index (Phi) is 7.40. The smallest absolute Gasteiger partial charge is 0.328 e. The topological polar surface area (TPSA) is 91.4 Å². The molecule has 0 aliphatic heterocycles. The molecular formula is C24H26N2O4. The summed E-state index contributed by atoms with van der Waals surface area (Å²) in [7, 11) is 1.29. The highest BCUT2D eigenvalue weighted by molar-refractivity contribution is 5.95. The van der Waals surface area contributed by atoms with Crippen molar-refractivity contribution in [3.63, 3.8) is 0 Å². The second-order valence-electron chi connectivity index (χ2n) is 7.11. The van der Waals surface area contributed by atoms with Crippen LogP contribution in [0.4, 0.5) is 0 Å². The fourth-order valence-electron chi connectivity index (χ4n) is 3.26. The van der Waals surface area contributed by atoms with Crippen LogP contribution in [0.2, 0.25) is 0 Å². The van der Waals surface area contributed by atoms with Crippen molar-refractivity contribution in [1.82, 2.24) is 10.3 Å². The fourth-order valence-corrected chi connectivity index (χ4v) is 3.26. The Morgan fingerprint density at radius 2 is 1.60 bits per heavy atom. The van der Waals surface area contributed by atoms with E-state index >= 15 is 0 Å². The quantitative estimate of drug-likeness (QED) is 0.476. The fraction of sp³-hybridized carbons (Fsp3) is 0.250. The summed E-state index contributed by atoms with van der Waals surface area (Å²) in [5.41, 5.74) is 2.90. The average Bonchev–Trinajstić information content (AvgIpc) is 3.28. The Morgan fingerprint density at radius 3 is 2.23 bits per heavy atom. The van der Waals surface area contributed by atoms with Crippen LogP contribution >= 0.6 is 0 Å². The van der Waals surface area contributed by atoms with E-state index in [9.17, 15) is 14.7 Å². The molecule has 0 saturated heterocycles. The number of aromatic nitrogens is 1. The first kappa shape index (κ1) is 21.3. The van der Waals surface area contributed by atoms with Crippen molar-refractivity contribution < 1.29 is 19.4 Å². The molecule has 3 N–H and O–H groups in total. The van der Waals surface area contributed by atoms with Gasteiger partial charge in [-0.25, -0.2) is 4.79 Å². The van der Waals surface area contributed by atoms with E-state index in [0.717, 1.165) is 17.5 Å². The maximum Gasteiger partial charge on any atom is 0.328 e. The number of rotatable bonds is 9. The van der Waals surface area contributed by atoms with Gasteiger partial charge >= 0.3 is 5.97 Å². The molecule has 1 heterocycles. The van der Waals surface area contributed by atoms with E-state index < -0.39 is 24.0 Å². The SMILES string of the molecule is COC(=O)[C@H](Cc1ccccc1)NC(=O)c1ccc(C(O)CCc2ccccc2)[nH]1. The van der Waals surface area contributed by atoms with Crippen LogP contribution in [0.5, 0.6) is 0 Å². The highest BCUT2D eigenvalue weighted by Gasteiger charge is 2.23. The molecule has 0 fully saturated rings. The number of H-pyrrole nitrogens is 1. The van der Waals surface area contributed by atoms with Crippen LogP contribution in [-0.2, 0) is 22.4 Å². The number of aromatic amines is 1. The first-order valence-corrected chi connectivity index (χ1v) is 9.90. The van der Waals surface area contributed by atoms with Crippen molar-refractivity contribution in [2.24, 2.45) is 0 Å². The average molecular weight is 406 g/mol. The lowest BCUT2D eigenvalue weighted by molar-refractivity contribution is -0.142. The number of carbonyl (C=O) groups excluding carboxylic acids is 2. The lowest BCUT2D eigenvalue weighted by Gasteiger charge is -2.16. The van der Waals surface area contributed by atoms with Gasteiger partial charge in [-0.2, -0.15) is 0 Å². The van der Waals surface area contributed by atoms with Crippen LogP contribution in [0.3, 0.4) is 0 Å². The van der Waals surface area contributed by atoms with Crippen molar-refractivity contribution in [1.29, 1.82) is 0 Å². The van der Waals surface area contributed by atoms with Gasteiger partial charge in [-0.1, -0.05) is 60.7 Å². The standard InChI is InChI=1S/C24H26N2O4/c1-30-24(29)21(16-18-10-6-3-7-11-18)26-23(28)20-14-13-19(25-20)22(27)15-12-17-8-4-2-5-9-17/h2-11,13-14,21-22,25,27H,12,15-16H2,1H3,(H,26,28)/t21-,22?/m0/s1. The van der Waals surface area contributed by atoms with Crippen LogP contribution < -0.4 is 5.32 Å². The Bertz CT molecular complexity index is 954. The van der Waals surface area contributed by atoms with Gasteiger partial charge in [-0.15, -0.1) is 0 Å². The minimum Gasteiger partial charge on any atom is -0.467 e. The molecular weight excluding hydrogens is 380 g/mol. The van der Waals surface area contributed by atoms with E-state index in [4.69, 9.17) is 4.74 Å². The molecule has 0 spiro atoms. The number of methoxy groups -OCH3 is 1. The second kappa shape index (κ2) is 10.4. The summed E-state index contributed by atoms with van der Waals surface area (Å²) in [6, 6.07) is 21.8. The lowest BCUT2D eigenvalue weighted by atomic mass is 10.1. The largest absolute Gasteiger partial charge is 0.467 e. The molecule has 1 amide bonds. The molecule has 3 aromatic rings. The molecule has 30 heavy (non-hydrogen) atoms. The maximum atomic E-state index is 12.6. The first-order valence-electron chi connectivity index (χ1n) is 9.90. The molecule has 156 valence electrons. The molecule has 2 atom stereocenters. The summed E-state index contributed by atoms with van der Waals surface area (Å²) >= 11 is 0. The minimum atomic E-state index is -0.806. The predicted molar refractivity (Wildman–Crippen MR) is 114 cm³/mol. The molecule has 6 nitrogen and oxygen atoms in total. The van der Waals surface area contributed by atoms with Gasteiger partial charge in [0.25, 0.3) is 5.91 Å². The van der Waals surface area contributed by atoms with E-state index in [-0.39, 0.29) is 5.69 Å². The van der Waals surface area contributed by atoms with Gasteiger partial charge in [0.1, 0.15) is 11.7 Å². The summed E-state index contributed by atoms with van der Waals surface area (Å²) in [4.78, 5) is 27.7. The number of benzene rings is 2. The number of amides is 1. The summed E-state index contributed by atoms with van der Waals surface area (Å²) in [6.07, 6.45) is 0.869. The zero-order valence-corrected chi connectivity index (χ0v) is 16.9. The number of aliphatic hydroxyl groups excluding tert-OH is 1. The minimum absolute atomic E-state index is 0.283. The monoisotopic (exact) mass is 406 g/mol. The van der Waals surface area contributed by atoms with Crippen molar-refractivity contribution in [2.45, 2.75) is 31.4 Å². The number of hydrogen-bond acceptors (Lipinski definition) is 4. The van der Waals surface area contributed by atoms with Crippen LogP contribution in [-0.4, -0.2) is 35.1 Å². The van der Waals surface area contributed by atoms with Gasteiger partial charge in [0.2, 0.25) is 0 Å². The van der Waals surface area contributed by atoms with Crippen LogP contribution in [0.1, 0.15) is 39.8 Å². The maximum absolute atomic E-state index is 12.6. The van der Waals surface area contributed by atoms with E-state index in [1.165, 1.54) is 7.11 Å². The van der Waals surface area contributed by atoms with Crippen LogP contribution in [0.15, 0.2) is 72.8 Å². The van der Waals surface area contributed by atoms with Crippen molar-refractivity contribution in [3.8, 4) is 0 Å². The van der Waals surface area contributed by atoms with Crippen molar-refractivity contribution in [3.05, 3.63) is 95.3 Å². The lowest BCUT2D eigenvalue weighted by Crippen LogP contribution is -2.43. The third-order valence-electron chi connectivity index (χ3n) is 4.94. The van der Waals surface area contributed by atoms with E-state index in [2.05, 4.69) is 10.3 Å². The number of aliphatic hydroxyl groups is 1. The molecule has 0 radical (unpaired) electrons. The van der Waals surface area contributed by atoms with Gasteiger partial charge in [0.05, 0.1) is 13.2 Å². The number of carbonyl (C=O) groups is 2. The van der Waals surface area contributed by atoms with E-state index in [1.807, 2.05) is 60.7 Å². The Labute approximate surface area is 175 Å². The first-order chi connectivity index (χ1) is 14.6. The summed E-state index contributed by atoms with van der Waals surface area (Å²) in [6.45, 7) is 0. The van der Waals surface area contributed by atoms with Gasteiger partial charge in [-0.05, 0) is 36.1 Å². The van der Waals surface area contributed by atoms with E-state index in [0.29, 0.717) is 18.5 Å². The Morgan fingerprint density at radius 1 is 0.967 bits per heavy atom. The molecule has 0 aliphatic rings. The Balaban J connectivity index is 1.61. The molecule has 1 aromatic heterocycles. The Hall–Kier alpha value is -3.38. The number of nitrogens with one attached hydrogen (secondary N) is 2. The number of hydrogen-bond donors (Lipinski definition) is 3. The van der Waals surface area contributed by atoms with Crippen LogP contribution in [0.25, 0.3) is 0 Å². The van der Waals surface area contributed by atoms with Gasteiger partial charge < -0.3 is 20.1 Å². The zero-order chi connectivity index (χ0) is 21.3. The third kappa shape index (κ3) is 5.81. The molecule has 2 aromatic carbocycles. The summed E-state index contributed by atoms with van der Waals surface area (Å²) in [5.74, 6) is -0.940. The van der Waals surface area contributed by atoms with E-state index in [1.54, 1.807) is 12.1 Å². The normalized spacial score (nSPS) is 12.7. The molecule has 1 unspecified atom stereocenters. The summed E-state index contributed by atoms with van der Waals surface area (Å²) in [5, 5.41) is 13.2. The number of aryl methyl sites for hydroxylation is 1. The highest BCUT2D eigenvalue weighted by atomic mass is 16.5. The van der Waals surface area contributed by atoms with Crippen molar-refractivity contribution in [2.75, 3.05) is 7.11 Å². The van der Waals surface area contributed by atoms with Crippen molar-refractivity contribution >= 4 is 11.9 Å². The highest BCUT2D eigenvalue weighted by Crippen LogP contribution is 2.19. The van der Waals surface area contributed by atoms with Gasteiger partial charge in [0.15, 0.2) is 0 Å².